The van der Waals surface area contributed by atoms with E-state index in [2.05, 4.69) is 0 Å². The molecule has 0 atom stereocenters. The molecule has 0 saturated heterocycles. The Hall–Kier alpha value is -1.24. The van der Waals surface area contributed by atoms with Gasteiger partial charge in [-0.2, -0.15) is 0 Å². The third kappa shape index (κ3) is 1.43. The summed E-state index contributed by atoms with van der Waals surface area (Å²) >= 11 is 0. The predicted molar refractivity (Wildman–Crippen MR) is 47.7 cm³/mol. The molecule has 0 bridgehead atoms. The molecule has 0 fully saturated rings. The van der Waals surface area contributed by atoms with Crippen molar-refractivity contribution in [2.75, 3.05) is 0 Å². The third-order valence-corrected chi connectivity index (χ3v) is 1.71. The molecule has 0 aliphatic rings. The first kappa shape index (κ1) is 6.47. The zero-order chi connectivity index (χ0) is 9.14. The molecular formula is C10H12O. The van der Waals surface area contributed by atoms with Gasteiger partial charge in [0.25, 0.3) is 0 Å². The molecule has 0 heterocycles. The first-order valence-corrected chi connectivity index (χ1v) is 3.50. The molecule has 1 nitrogen and oxygen atoms in total. The Kier molecular flexibility index (Phi) is 1.64. The molecule has 0 amide bonds. The number of aromatic hydroxyl groups is 1. The van der Waals surface area contributed by atoms with Crippen LogP contribution in [0.3, 0.4) is 0 Å². The van der Waals surface area contributed by atoms with E-state index in [1.54, 1.807) is 6.08 Å². The van der Waals surface area contributed by atoms with Crippen LogP contribution in [0.1, 0.15) is 18.1 Å². The summed E-state index contributed by atoms with van der Waals surface area (Å²) in [4.78, 5) is 0. The summed E-state index contributed by atoms with van der Waals surface area (Å²) in [6.45, 7) is 4.94. The minimum absolute atomic E-state index is 0.345. The van der Waals surface area contributed by atoms with E-state index in [0.29, 0.717) is 5.75 Å². The number of aryl methyl sites for hydroxylation is 2. The van der Waals surface area contributed by atoms with Crippen LogP contribution in [0.15, 0.2) is 18.7 Å². The number of hydrogen-bond acceptors (Lipinski definition) is 1. The SMILES string of the molecule is [2H]C=Cc1cc(C)c(O)c(C)c1. The fraction of sp³-hybridized carbons (Fsp3) is 0.200. The first-order valence-electron chi connectivity index (χ1n) is 4.08. The van der Waals surface area contributed by atoms with Crippen LogP contribution in [0.4, 0.5) is 0 Å². The Morgan fingerprint density at radius 1 is 1.45 bits per heavy atom. The lowest BCUT2D eigenvalue weighted by Gasteiger charge is -2.03. The maximum Gasteiger partial charge on any atom is 0.121 e. The van der Waals surface area contributed by atoms with Gasteiger partial charge in [0.1, 0.15) is 5.75 Å². The Balaban J connectivity index is 3.21. The highest BCUT2D eigenvalue weighted by Gasteiger charge is 1.99. The van der Waals surface area contributed by atoms with Gasteiger partial charge in [-0.15, -0.1) is 0 Å². The average Bonchev–Trinajstić information content (AvgIpc) is 2.01. The normalized spacial score (nSPS) is 12.0. The van der Waals surface area contributed by atoms with Crippen LogP contribution in [-0.4, -0.2) is 5.11 Å². The van der Waals surface area contributed by atoms with E-state index in [1.165, 1.54) is 6.55 Å². The Bertz CT molecular complexity index is 293. The smallest absolute Gasteiger partial charge is 0.121 e. The average molecular weight is 149 g/mol. The fourth-order valence-corrected chi connectivity index (χ4v) is 1.09. The van der Waals surface area contributed by atoms with Gasteiger partial charge in [-0.05, 0) is 42.7 Å². The fourth-order valence-electron chi connectivity index (χ4n) is 1.09. The van der Waals surface area contributed by atoms with Crippen molar-refractivity contribution in [1.82, 2.24) is 0 Å². The van der Waals surface area contributed by atoms with Gasteiger partial charge in [0, 0.05) is 0 Å². The van der Waals surface area contributed by atoms with E-state index >= 15 is 0 Å². The molecule has 0 unspecified atom stereocenters. The monoisotopic (exact) mass is 149 g/mol. The molecule has 58 valence electrons. The molecular weight excluding hydrogens is 136 g/mol. The molecule has 0 aromatic heterocycles. The molecule has 0 saturated carbocycles. The minimum Gasteiger partial charge on any atom is -0.507 e. The summed E-state index contributed by atoms with van der Waals surface area (Å²) in [5, 5.41) is 9.43. The maximum atomic E-state index is 9.43. The van der Waals surface area contributed by atoms with Gasteiger partial charge in [-0.1, -0.05) is 12.6 Å². The van der Waals surface area contributed by atoms with Gasteiger partial charge in [0.15, 0.2) is 0 Å². The van der Waals surface area contributed by atoms with Crippen LogP contribution < -0.4 is 0 Å². The van der Waals surface area contributed by atoms with E-state index < -0.39 is 0 Å². The molecule has 1 aromatic rings. The zero-order valence-corrected chi connectivity index (χ0v) is 6.76. The van der Waals surface area contributed by atoms with Crippen molar-refractivity contribution in [1.29, 1.82) is 0 Å². The van der Waals surface area contributed by atoms with Crippen molar-refractivity contribution >= 4 is 6.08 Å². The van der Waals surface area contributed by atoms with Crippen molar-refractivity contribution < 1.29 is 6.48 Å². The molecule has 0 aliphatic heterocycles. The largest absolute Gasteiger partial charge is 0.507 e. The second kappa shape index (κ2) is 2.79. The van der Waals surface area contributed by atoms with E-state index in [-0.39, 0.29) is 0 Å². The lowest BCUT2D eigenvalue weighted by Crippen LogP contribution is -1.82. The van der Waals surface area contributed by atoms with Gasteiger partial charge in [0.05, 0.1) is 1.37 Å². The van der Waals surface area contributed by atoms with Crippen molar-refractivity contribution in [3.05, 3.63) is 35.4 Å². The number of phenols is 1. The summed E-state index contributed by atoms with van der Waals surface area (Å²) in [6, 6.07) is 3.71. The number of rotatable bonds is 1. The van der Waals surface area contributed by atoms with Crippen LogP contribution in [0.2, 0.25) is 0 Å². The lowest BCUT2D eigenvalue weighted by molar-refractivity contribution is 0.467. The molecule has 0 spiro atoms. The topological polar surface area (TPSA) is 20.2 Å². The maximum absolute atomic E-state index is 9.43. The van der Waals surface area contributed by atoms with Crippen LogP contribution in [0, 0.1) is 13.8 Å². The second-order valence-corrected chi connectivity index (χ2v) is 2.67. The second-order valence-electron chi connectivity index (χ2n) is 2.67. The third-order valence-electron chi connectivity index (χ3n) is 1.71. The lowest BCUT2D eigenvalue weighted by atomic mass is 10.1. The van der Waals surface area contributed by atoms with E-state index in [0.717, 1.165) is 16.7 Å². The van der Waals surface area contributed by atoms with Crippen LogP contribution in [0.25, 0.3) is 6.08 Å². The van der Waals surface area contributed by atoms with E-state index in [9.17, 15) is 5.11 Å². The molecule has 1 rings (SSSR count). The summed E-state index contributed by atoms with van der Waals surface area (Å²) < 4.78 is 6.89. The highest BCUT2D eigenvalue weighted by atomic mass is 16.3. The molecule has 1 N–H and O–H groups in total. The van der Waals surface area contributed by atoms with Crippen molar-refractivity contribution in [3.63, 3.8) is 0 Å². The number of benzene rings is 1. The molecule has 0 aliphatic carbocycles. The Labute approximate surface area is 68.4 Å². The van der Waals surface area contributed by atoms with Gasteiger partial charge in [-0.3, -0.25) is 0 Å². The number of hydrogen-bond donors (Lipinski definition) is 1. The summed E-state index contributed by atoms with van der Waals surface area (Å²) in [5.74, 6) is 0.345. The highest BCUT2D eigenvalue weighted by Crippen LogP contribution is 2.22. The van der Waals surface area contributed by atoms with Crippen molar-refractivity contribution in [2.24, 2.45) is 0 Å². The van der Waals surface area contributed by atoms with Gasteiger partial charge in [0.2, 0.25) is 0 Å². The van der Waals surface area contributed by atoms with E-state index in [1.807, 2.05) is 26.0 Å². The molecule has 11 heavy (non-hydrogen) atoms. The Morgan fingerprint density at radius 2 is 2.00 bits per heavy atom. The Morgan fingerprint density at radius 3 is 2.45 bits per heavy atom. The van der Waals surface area contributed by atoms with Gasteiger partial charge < -0.3 is 5.11 Å². The summed E-state index contributed by atoms with van der Waals surface area (Å²) in [6.07, 6.45) is 1.69. The first-order chi connectivity index (χ1) is 5.65. The standard InChI is InChI=1S/C10H12O/c1-4-9-5-7(2)10(11)8(3)6-9/h4-6,11H,1H2,2-3H3/i1D. The predicted octanol–water partition coefficient (Wildman–Crippen LogP) is 2.65. The summed E-state index contributed by atoms with van der Waals surface area (Å²) in [7, 11) is 0. The van der Waals surface area contributed by atoms with Crippen LogP contribution in [0.5, 0.6) is 5.75 Å². The van der Waals surface area contributed by atoms with Crippen LogP contribution in [-0.2, 0) is 0 Å². The van der Waals surface area contributed by atoms with E-state index in [4.69, 9.17) is 1.37 Å². The van der Waals surface area contributed by atoms with Crippen molar-refractivity contribution in [3.8, 4) is 5.75 Å². The van der Waals surface area contributed by atoms with Gasteiger partial charge in [-0.25, -0.2) is 0 Å². The molecule has 1 aromatic carbocycles. The highest BCUT2D eigenvalue weighted by molar-refractivity contribution is 5.54. The summed E-state index contributed by atoms with van der Waals surface area (Å²) in [5.41, 5.74) is 2.66. The minimum atomic E-state index is 0.345. The molecule has 1 heteroatoms. The molecule has 0 radical (unpaired) electrons. The van der Waals surface area contributed by atoms with Crippen LogP contribution >= 0.6 is 0 Å². The van der Waals surface area contributed by atoms with Gasteiger partial charge >= 0.3 is 0 Å². The quantitative estimate of drug-likeness (QED) is 0.650. The van der Waals surface area contributed by atoms with Crippen molar-refractivity contribution in [2.45, 2.75) is 13.8 Å². The zero-order valence-electron chi connectivity index (χ0n) is 7.76. The number of phenolic OH excluding ortho intramolecular Hbond substituents is 1.